The molecule has 1 aromatic carbocycles. The van der Waals surface area contributed by atoms with Crippen LogP contribution < -0.4 is 10.2 Å². The lowest BCUT2D eigenvalue weighted by Gasteiger charge is -2.54. The fraction of sp³-hybridized carbons (Fsp3) is 0.643. The van der Waals surface area contributed by atoms with Crippen molar-refractivity contribution in [2.75, 3.05) is 18.1 Å². The highest BCUT2D eigenvalue weighted by molar-refractivity contribution is 6.01. The second-order valence-corrected chi connectivity index (χ2v) is 11.4. The molecule has 2 aliphatic heterocycles. The minimum Gasteiger partial charge on any atom is -0.465 e. The Hall–Kier alpha value is -2.84. The van der Waals surface area contributed by atoms with Crippen molar-refractivity contribution in [3.05, 3.63) is 29.3 Å². The Morgan fingerprint density at radius 1 is 1.14 bits per heavy atom. The molecule has 2 heterocycles. The summed E-state index contributed by atoms with van der Waals surface area (Å²) in [6.45, 7) is 6.62. The maximum Gasteiger partial charge on any atom is 0.308 e. The van der Waals surface area contributed by atoms with Gasteiger partial charge in [0.25, 0.3) is 0 Å². The van der Waals surface area contributed by atoms with Crippen molar-refractivity contribution in [3.63, 3.8) is 0 Å². The van der Waals surface area contributed by atoms with Crippen LogP contribution in [0.15, 0.2) is 12.1 Å². The van der Waals surface area contributed by atoms with Gasteiger partial charge in [0.05, 0.1) is 18.4 Å². The van der Waals surface area contributed by atoms with E-state index >= 15 is 0 Å². The summed E-state index contributed by atoms with van der Waals surface area (Å²) in [5, 5.41) is 2.09. The van der Waals surface area contributed by atoms with E-state index in [4.69, 9.17) is 4.74 Å². The molecule has 2 saturated heterocycles. The molecule has 1 spiro atoms. The Kier molecular flexibility index (Phi) is 7.99. The molecule has 4 aliphatic rings. The molecule has 0 bridgehead atoms. The quantitative estimate of drug-likeness (QED) is 0.454. The largest absolute Gasteiger partial charge is 0.465 e. The van der Waals surface area contributed by atoms with Gasteiger partial charge < -0.3 is 9.64 Å². The van der Waals surface area contributed by atoms with Gasteiger partial charge in [-0.3, -0.25) is 24.5 Å². The number of esters is 1. The fourth-order valence-electron chi connectivity index (χ4n) is 5.84. The number of nitrogens with one attached hydrogen (secondary N) is 1. The maximum absolute atomic E-state index is 14.4. The number of hydrogen-bond donors (Lipinski definition) is 1. The van der Waals surface area contributed by atoms with Gasteiger partial charge in [-0.2, -0.15) is 0 Å². The minimum absolute atomic E-state index is 0.0211. The zero-order valence-corrected chi connectivity index (χ0v) is 21.8. The summed E-state index contributed by atoms with van der Waals surface area (Å²) in [4.78, 5) is 47.5. The van der Waals surface area contributed by atoms with Gasteiger partial charge in [-0.15, -0.1) is 0 Å². The standard InChI is InChI=1S/C16H16F2N2O3.C12H20O2/c1-8-4-5-20(16(8)23)9-6-11(17)14(12(18)7-9)10-2-3-13(21)19-15(10)22;1-9(2)11(13)14-8-10-6-12(7-10)4-3-5-12/h6-8,10H,2-5H2,1H3,(H,19,21,22);9-10H,3-8H2,1-2H3. The molecule has 7 nitrogen and oxygen atoms in total. The fourth-order valence-corrected chi connectivity index (χ4v) is 5.84. The molecule has 4 fully saturated rings. The Morgan fingerprint density at radius 2 is 1.78 bits per heavy atom. The second-order valence-electron chi connectivity index (χ2n) is 11.4. The molecule has 3 amide bonds. The number of amides is 3. The molecular weight excluding hydrogens is 482 g/mol. The average Bonchev–Trinajstić information content (AvgIpc) is 3.11. The molecule has 2 atom stereocenters. The first-order valence-electron chi connectivity index (χ1n) is 13.3. The van der Waals surface area contributed by atoms with Gasteiger partial charge in [0.15, 0.2) is 0 Å². The minimum atomic E-state index is -1.03. The zero-order valence-electron chi connectivity index (χ0n) is 21.8. The van der Waals surface area contributed by atoms with E-state index in [0.29, 0.717) is 30.9 Å². The number of carbonyl (C=O) groups is 4. The van der Waals surface area contributed by atoms with Crippen molar-refractivity contribution in [3.8, 4) is 0 Å². The first-order valence-corrected chi connectivity index (χ1v) is 13.3. The van der Waals surface area contributed by atoms with Crippen molar-refractivity contribution < 1.29 is 32.7 Å². The number of nitrogens with zero attached hydrogens (tertiary/aromatic N) is 1. The molecule has 2 saturated carbocycles. The third kappa shape index (κ3) is 5.85. The van der Waals surface area contributed by atoms with Gasteiger partial charge in [-0.05, 0) is 62.0 Å². The highest BCUT2D eigenvalue weighted by Gasteiger charge is 2.48. The van der Waals surface area contributed by atoms with Crippen LogP contribution in [0.4, 0.5) is 14.5 Å². The van der Waals surface area contributed by atoms with E-state index in [0.717, 1.165) is 12.1 Å². The molecule has 5 rings (SSSR count). The van der Waals surface area contributed by atoms with Gasteiger partial charge in [0.2, 0.25) is 17.7 Å². The highest BCUT2D eigenvalue weighted by atomic mass is 19.1. The summed E-state index contributed by atoms with van der Waals surface area (Å²) < 4.78 is 34.0. The maximum atomic E-state index is 14.4. The van der Waals surface area contributed by atoms with E-state index < -0.39 is 29.4 Å². The van der Waals surface area contributed by atoms with Crippen LogP contribution >= 0.6 is 0 Å². The third-order valence-corrected chi connectivity index (χ3v) is 8.23. The third-order valence-electron chi connectivity index (χ3n) is 8.23. The first-order chi connectivity index (χ1) is 17.5. The summed E-state index contributed by atoms with van der Waals surface area (Å²) >= 11 is 0. The second kappa shape index (κ2) is 10.9. The number of imide groups is 1. The number of hydrogen-bond acceptors (Lipinski definition) is 5. The summed E-state index contributed by atoms with van der Waals surface area (Å²) in [5.74, 6) is -3.62. The molecule has 2 unspecified atom stereocenters. The van der Waals surface area contributed by atoms with Crippen LogP contribution in [0.25, 0.3) is 0 Å². The van der Waals surface area contributed by atoms with E-state index in [-0.39, 0.29) is 47.8 Å². The zero-order chi connectivity index (χ0) is 26.9. The van der Waals surface area contributed by atoms with Crippen LogP contribution in [-0.2, 0) is 23.9 Å². The molecule has 0 radical (unpaired) electrons. The summed E-state index contributed by atoms with van der Waals surface area (Å²) in [7, 11) is 0. The molecule has 9 heteroatoms. The molecule has 37 heavy (non-hydrogen) atoms. The summed E-state index contributed by atoms with van der Waals surface area (Å²) in [5.41, 5.74) is 0.512. The Labute approximate surface area is 216 Å². The van der Waals surface area contributed by atoms with Crippen molar-refractivity contribution in [1.29, 1.82) is 0 Å². The number of benzene rings is 1. The molecular formula is C28H36F2N2O5. The average molecular weight is 519 g/mol. The van der Waals surface area contributed by atoms with E-state index in [1.54, 1.807) is 6.92 Å². The van der Waals surface area contributed by atoms with Gasteiger partial charge in [0, 0.05) is 30.1 Å². The number of piperidine rings is 1. The van der Waals surface area contributed by atoms with Crippen molar-refractivity contribution in [2.24, 2.45) is 23.2 Å². The van der Waals surface area contributed by atoms with E-state index in [9.17, 15) is 28.0 Å². The SMILES string of the molecule is CC(C)C(=O)OCC1CC2(CCC2)C1.CC1CCN(c2cc(F)c(C3CCC(=O)NC3=O)c(F)c2)C1=O. The predicted molar refractivity (Wildman–Crippen MR) is 132 cm³/mol. The van der Waals surface area contributed by atoms with Crippen LogP contribution in [0, 0.1) is 34.8 Å². The van der Waals surface area contributed by atoms with Crippen LogP contribution in [0.5, 0.6) is 0 Å². The normalized spacial score (nSPS) is 24.8. The Balaban J connectivity index is 0.000000195. The summed E-state index contributed by atoms with van der Waals surface area (Å²) in [6.07, 6.45) is 7.60. The lowest BCUT2D eigenvalue weighted by Crippen LogP contribution is -2.44. The monoisotopic (exact) mass is 518 g/mol. The van der Waals surface area contributed by atoms with Crippen LogP contribution in [-0.4, -0.2) is 36.8 Å². The molecule has 202 valence electrons. The lowest BCUT2D eigenvalue weighted by molar-refractivity contribution is -0.153. The molecule has 1 aromatic rings. The van der Waals surface area contributed by atoms with Crippen molar-refractivity contribution in [2.45, 2.75) is 78.1 Å². The molecule has 0 aromatic heterocycles. The topological polar surface area (TPSA) is 92.8 Å². The van der Waals surface area contributed by atoms with E-state index in [2.05, 4.69) is 5.32 Å². The number of carbonyl (C=O) groups excluding carboxylic acids is 4. The summed E-state index contributed by atoms with van der Waals surface area (Å²) in [6, 6.07) is 2.16. The van der Waals surface area contributed by atoms with Crippen LogP contribution in [0.3, 0.4) is 0 Å². The van der Waals surface area contributed by atoms with Crippen molar-refractivity contribution in [1.82, 2.24) is 5.32 Å². The molecule has 1 N–H and O–H groups in total. The lowest BCUT2D eigenvalue weighted by atomic mass is 9.52. The number of ether oxygens (including phenoxy) is 1. The molecule has 2 aliphatic carbocycles. The van der Waals surface area contributed by atoms with Gasteiger partial charge in [0.1, 0.15) is 11.6 Å². The first kappa shape index (κ1) is 27.2. The Bertz CT molecular complexity index is 1050. The number of halogens is 2. The van der Waals surface area contributed by atoms with E-state index in [1.807, 2.05) is 13.8 Å². The van der Waals surface area contributed by atoms with E-state index in [1.165, 1.54) is 37.0 Å². The van der Waals surface area contributed by atoms with Gasteiger partial charge in [-0.25, -0.2) is 8.78 Å². The van der Waals surface area contributed by atoms with Gasteiger partial charge in [-0.1, -0.05) is 27.2 Å². The highest BCUT2D eigenvalue weighted by Crippen LogP contribution is 2.58. The smallest absolute Gasteiger partial charge is 0.308 e. The number of rotatable bonds is 5. The Morgan fingerprint density at radius 3 is 2.27 bits per heavy atom. The number of anilines is 1. The van der Waals surface area contributed by atoms with Gasteiger partial charge >= 0.3 is 5.97 Å². The predicted octanol–water partition coefficient (Wildman–Crippen LogP) is 4.62. The van der Waals surface area contributed by atoms with Crippen LogP contribution in [0.2, 0.25) is 0 Å². The van der Waals surface area contributed by atoms with Crippen molar-refractivity contribution >= 4 is 29.4 Å². The van der Waals surface area contributed by atoms with Crippen LogP contribution in [0.1, 0.15) is 83.6 Å².